The Hall–Kier alpha value is -2.27. The van der Waals surface area contributed by atoms with Crippen molar-refractivity contribution < 1.29 is 0 Å². The number of aromatic nitrogens is 3. The van der Waals surface area contributed by atoms with E-state index >= 15 is 0 Å². The van der Waals surface area contributed by atoms with Gasteiger partial charge in [0.1, 0.15) is 5.52 Å². The zero-order valence-corrected chi connectivity index (χ0v) is 16.2. The first-order chi connectivity index (χ1) is 12.5. The normalized spacial score (nSPS) is 11.4. The molecule has 0 fully saturated rings. The number of nitrogens with one attached hydrogen (secondary N) is 2. The number of aromatic amines is 1. The van der Waals surface area contributed by atoms with Crippen molar-refractivity contribution in [2.75, 3.05) is 5.32 Å². The molecule has 2 heterocycles. The third-order valence-electron chi connectivity index (χ3n) is 4.49. The van der Waals surface area contributed by atoms with Gasteiger partial charge in [0.2, 0.25) is 0 Å². The van der Waals surface area contributed by atoms with Crippen molar-refractivity contribution in [1.82, 2.24) is 14.5 Å². The second-order valence-corrected chi connectivity index (χ2v) is 7.11. The molecule has 2 aromatic heterocycles. The van der Waals surface area contributed by atoms with E-state index in [0.717, 1.165) is 48.3 Å². The topological polar surface area (TPSA) is 62.7 Å². The fourth-order valence-corrected chi connectivity index (χ4v) is 3.48. The summed E-state index contributed by atoms with van der Waals surface area (Å²) in [5.74, 6) is 0. The predicted octanol–water partition coefficient (Wildman–Crippen LogP) is 5.06. The van der Waals surface area contributed by atoms with Gasteiger partial charge in [-0.05, 0) is 50.1 Å². The average molecular weight is 373 g/mol. The number of pyridine rings is 1. The van der Waals surface area contributed by atoms with Crippen LogP contribution in [0, 0.1) is 6.92 Å². The molecule has 0 radical (unpaired) electrons. The number of halogens is 1. The SMILES string of the molecule is CCCC(CCC)Nc1cc(C)nc2c1[nH]c(=O)n2-c1ccc(Cl)cc1. The number of fused-ring (bicyclic) bond motifs is 1. The first-order valence-electron chi connectivity index (χ1n) is 9.18. The summed E-state index contributed by atoms with van der Waals surface area (Å²) >= 11 is 5.98. The molecule has 0 atom stereocenters. The van der Waals surface area contributed by atoms with Gasteiger partial charge >= 0.3 is 5.69 Å². The van der Waals surface area contributed by atoms with Crippen molar-refractivity contribution in [1.29, 1.82) is 0 Å². The Kier molecular flexibility index (Phi) is 5.67. The number of H-pyrrole nitrogens is 1. The summed E-state index contributed by atoms with van der Waals surface area (Å²) in [5, 5.41) is 4.26. The lowest BCUT2D eigenvalue weighted by atomic mass is 10.1. The molecule has 0 bridgehead atoms. The summed E-state index contributed by atoms with van der Waals surface area (Å²) in [6, 6.07) is 9.59. The number of anilines is 1. The van der Waals surface area contributed by atoms with Gasteiger partial charge in [-0.1, -0.05) is 38.3 Å². The highest BCUT2D eigenvalue weighted by Crippen LogP contribution is 2.25. The molecule has 2 N–H and O–H groups in total. The van der Waals surface area contributed by atoms with Crippen LogP contribution in [0.3, 0.4) is 0 Å². The van der Waals surface area contributed by atoms with Gasteiger partial charge in [-0.2, -0.15) is 0 Å². The van der Waals surface area contributed by atoms with Gasteiger partial charge in [-0.3, -0.25) is 0 Å². The molecule has 0 unspecified atom stereocenters. The molecule has 138 valence electrons. The van der Waals surface area contributed by atoms with Crippen LogP contribution in [0.15, 0.2) is 35.1 Å². The second kappa shape index (κ2) is 7.96. The minimum Gasteiger partial charge on any atom is -0.380 e. The summed E-state index contributed by atoms with van der Waals surface area (Å²) in [5.41, 5.74) is 3.72. The highest BCUT2D eigenvalue weighted by molar-refractivity contribution is 6.30. The van der Waals surface area contributed by atoms with Gasteiger partial charge in [0, 0.05) is 16.8 Å². The van der Waals surface area contributed by atoms with Crippen molar-refractivity contribution in [3.63, 3.8) is 0 Å². The van der Waals surface area contributed by atoms with Gasteiger partial charge in [0.15, 0.2) is 5.65 Å². The molecule has 0 aliphatic carbocycles. The van der Waals surface area contributed by atoms with E-state index in [1.165, 1.54) is 0 Å². The summed E-state index contributed by atoms with van der Waals surface area (Å²) < 4.78 is 1.60. The smallest absolute Gasteiger partial charge is 0.332 e. The summed E-state index contributed by atoms with van der Waals surface area (Å²) in [4.78, 5) is 20.2. The highest BCUT2D eigenvalue weighted by Gasteiger charge is 2.16. The average Bonchev–Trinajstić information content (AvgIpc) is 2.92. The molecule has 26 heavy (non-hydrogen) atoms. The van der Waals surface area contributed by atoms with E-state index < -0.39 is 0 Å². The Labute approximate surface area is 158 Å². The van der Waals surface area contributed by atoms with Crippen molar-refractivity contribution in [2.45, 2.75) is 52.5 Å². The largest absolute Gasteiger partial charge is 0.380 e. The molecule has 0 saturated carbocycles. The zero-order chi connectivity index (χ0) is 18.7. The zero-order valence-electron chi connectivity index (χ0n) is 15.5. The lowest BCUT2D eigenvalue weighted by Crippen LogP contribution is -2.19. The van der Waals surface area contributed by atoms with Crippen LogP contribution in [0.2, 0.25) is 5.02 Å². The number of benzene rings is 1. The van der Waals surface area contributed by atoms with E-state index in [0.29, 0.717) is 16.7 Å². The number of aryl methyl sites for hydroxylation is 1. The number of hydrogen-bond donors (Lipinski definition) is 2. The molecule has 3 rings (SSSR count). The first kappa shape index (κ1) is 18.5. The molecule has 0 saturated heterocycles. The Morgan fingerprint density at radius 2 is 1.85 bits per heavy atom. The second-order valence-electron chi connectivity index (χ2n) is 6.67. The minimum absolute atomic E-state index is 0.203. The van der Waals surface area contributed by atoms with Crippen LogP contribution < -0.4 is 11.0 Å². The minimum atomic E-state index is -0.203. The predicted molar refractivity (Wildman–Crippen MR) is 109 cm³/mol. The van der Waals surface area contributed by atoms with E-state index in [2.05, 4.69) is 29.1 Å². The van der Waals surface area contributed by atoms with Crippen molar-refractivity contribution >= 4 is 28.5 Å². The molecule has 1 aromatic carbocycles. The fourth-order valence-electron chi connectivity index (χ4n) is 3.35. The van der Waals surface area contributed by atoms with E-state index in [-0.39, 0.29) is 5.69 Å². The molecule has 0 aliphatic heterocycles. The van der Waals surface area contributed by atoms with Gasteiger partial charge in [-0.25, -0.2) is 14.3 Å². The van der Waals surface area contributed by atoms with Crippen LogP contribution >= 0.6 is 11.6 Å². The van der Waals surface area contributed by atoms with E-state index in [1.54, 1.807) is 16.7 Å². The van der Waals surface area contributed by atoms with Gasteiger partial charge in [0.05, 0.1) is 11.4 Å². The number of rotatable bonds is 7. The summed E-state index contributed by atoms with van der Waals surface area (Å²) in [6.45, 7) is 6.33. The molecule has 3 aromatic rings. The third-order valence-corrected chi connectivity index (χ3v) is 4.75. The first-order valence-corrected chi connectivity index (χ1v) is 9.56. The third kappa shape index (κ3) is 3.78. The fraction of sp³-hybridized carbons (Fsp3) is 0.400. The van der Waals surface area contributed by atoms with Gasteiger partial charge in [0.25, 0.3) is 0 Å². The maximum Gasteiger partial charge on any atom is 0.332 e. The Bertz CT molecular complexity index is 937. The van der Waals surface area contributed by atoms with Crippen molar-refractivity contribution in [3.8, 4) is 5.69 Å². The number of imidazole rings is 1. The molecule has 6 heteroatoms. The molecule has 0 aliphatic rings. The monoisotopic (exact) mass is 372 g/mol. The maximum atomic E-state index is 12.6. The van der Waals surface area contributed by atoms with Crippen molar-refractivity contribution in [3.05, 3.63) is 51.5 Å². The van der Waals surface area contributed by atoms with Crippen LogP contribution in [0.25, 0.3) is 16.9 Å². The lowest BCUT2D eigenvalue weighted by Gasteiger charge is -2.19. The van der Waals surface area contributed by atoms with Crippen molar-refractivity contribution in [2.24, 2.45) is 0 Å². The highest BCUT2D eigenvalue weighted by atomic mass is 35.5. The van der Waals surface area contributed by atoms with E-state index in [1.807, 2.05) is 25.1 Å². The number of nitrogens with zero attached hydrogens (tertiary/aromatic N) is 2. The van der Waals surface area contributed by atoms with E-state index in [9.17, 15) is 4.79 Å². The standard InChI is InChI=1S/C20H25ClN4O/c1-4-6-15(7-5-2)23-17-12-13(3)22-19-18(17)24-20(26)25(19)16-10-8-14(21)9-11-16/h8-12,15H,4-7H2,1-3H3,(H,22,23)(H,24,26). The van der Waals surface area contributed by atoms with E-state index in [4.69, 9.17) is 11.6 Å². The van der Waals surface area contributed by atoms with Crippen LogP contribution in [-0.2, 0) is 0 Å². The lowest BCUT2D eigenvalue weighted by molar-refractivity contribution is 0.586. The Balaban J connectivity index is 2.11. The van der Waals surface area contributed by atoms with Crippen LogP contribution in [0.4, 0.5) is 5.69 Å². The quantitative estimate of drug-likeness (QED) is 0.609. The molecule has 0 amide bonds. The number of hydrogen-bond acceptors (Lipinski definition) is 3. The summed E-state index contributed by atoms with van der Waals surface area (Å²) in [6.07, 6.45) is 4.43. The molecular weight excluding hydrogens is 348 g/mol. The maximum absolute atomic E-state index is 12.6. The summed E-state index contributed by atoms with van der Waals surface area (Å²) in [7, 11) is 0. The van der Waals surface area contributed by atoms with Crippen LogP contribution in [-0.4, -0.2) is 20.6 Å². The Morgan fingerprint density at radius 1 is 1.19 bits per heavy atom. The van der Waals surface area contributed by atoms with Crippen LogP contribution in [0.5, 0.6) is 0 Å². The molecule has 0 spiro atoms. The molecular formula is C20H25ClN4O. The van der Waals surface area contributed by atoms with Crippen LogP contribution in [0.1, 0.15) is 45.2 Å². The van der Waals surface area contributed by atoms with Gasteiger partial charge in [-0.15, -0.1) is 0 Å². The Morgan fingerprint density at radius 3 is 2.46 bits per heavy atom. The van der Waals surface area contributed by atoms with Gasteiger partial charge < -0.3 is 10.3 Å². The molecule has 5 nitrogen and oxygen atoms in total.